The first-order chi connectivity index (χ1) is 14.5. The number of hydrogen-bond acceptors (Lipinski definition) is 8. The molecule has 10 heteroatoms. The lowest BCUT2D eigenvalue weighted by molar-refractivity contribution is -0.144. The number of anilines is 1. The molecule has 0 bridgehead atoms. The topological polar surface area (TPSA) is 82.0 Å². The zero-order chi connectivity index (χ0) is 20.7. The molecule has 5 rings (SSSR count). The van der Waals surface area contributed by atoms with Crippen LogP contribution in [-0.4, -0.2) is 69.4 Å². The van der Waals surface area contributed by atoms with E-state index < -0.39 is 5.54 Å². The van der Waals surface area contributed by atoms with Gasteiger partial charge in [-0.2, -0.15) is 4.99 Å². The van der Waals surface area contributed by atoms with E-state index in [0.717, 1.165) is 15.0 Å². The van der Waals surface area contributed by atoms with Gasteiger partial charge in [-0.1, -0.05) is 23.5 Å². The maximum atomic E-state index is 13.5. The molecule has 5 heterocycles. The molecule has 0 N–H and O–H groups in total. The van der Waals surface area contributed by atoms with Crippen molar-refractivity contribution in [3.05, 3.63) is 41.9 Å². The van der Waals surface area contributed by atoms with Gasteiger partial charge >= 0.3 is 0 Å². The normalized spacial score (nSPS) is 23.6. The summed E-state index contributed by atoms with van der Waals surface area (Å²) in [5.41, 5.74) is -0.952. The maximum absolute atomic E-state index is 13.5. The number of carbonyl (C=O) groups excluding carboxylic acids is 2. The van der Waals surface area contributed by atoms with Crippen LogP contribution in [-0.2, 0) is 9.59 Å². The van der Waals surface area contributed by atoms with E-state index in [2.05, 4.69) is 20.1 Å². The lowest BCUT2D eigenvalue weighted by atomic mass is 9.90. The number of aliphatic imine (C=N–C) groups is 1. The van der Waals surface area contributed by atoms with Gasteiger partial charge in [0.2, 0.25) is 11.0 Å². The molecule has 1 atom stereocenters. The highest BCUT2D eigenvalue weighted by Gasteiger charge is 2.47. The zero-order valence-corrected chi connectivity index (χ0v) is 18.0. The molecule has 154 valence electrons. The fourth-order valence-electron chi connectivity index (χ4n) is 3.95. The Morgan fingerprint density at radius 3 is 2.77 bits per heavy atom. The van der Waals surface area contributed by atoms with Gasteiger partial charge in [0.25, 0.3) is 5.91 Å². The van der Waals surface area contributed by atoms with Gasteiger partial charge < -0.3 is 14.7 Å². The van der Waals surface area contributed by atoms with Crippen molar-refractivity contribution < 1.29 is 9.59 Å². The van der Waals surface area contributed by atoms with Crippen molar-refractivity contribution in [1.82, 2.24) is 20.0 Å². The Morgan fingerprint density at radius 1 is 1.17 bits per heavy atom. The summed E-state index contributed by atoms with van der Waals surface area (Å²) < 4.78 is 0. The number of aromatic nitrogens is 2. The number of hydrogen-bond donors (Lipinski definition) is 0. The van der Waals surface area contributed by atoms with E-state index in [9.17, 15) is 9.59 Å². The molecule has 3 aliphatic rings. The predicted octanol–water partition coefficient (Wildman–Crippen LogP) is 2.39. The molecule has 2 amide bonds. The summed E-state index contributed by atoms with van der Waals surface area (Å²) in [6.07, 6.45) is 7.35. The van der Waals surface area contributed by atoms with Crippen molar-refractivity contribution in [2.75, 3.05) is 31.1 Å². The van der Waals surface area contributed by atoms with E-state index in [1.165, 1.54) is 0 Å². The molecule has 8 nitrogen and oxygen atoms in total. The lowest BCUT2D eigenvalue weighted by Crippen LogP contribution is -2.63. The van der Waals surface area contributed by atoms with Gasteiger partial charge in [-0.15, -0.1) is 21.5 Å². The average Bonchev–Trinajstić information content (AvgIpc) is 3.45. The van der Waals surface area contributed by atoms with Crippen molar-refractivity contribution in [2.24, 2.45) is 4.99 Å². The first-order valence-electron chi connectivity index (χ1n) is 9.72. The van der Waals surface area contributed by atoms with E-state index in [4.69, 9.17) is 0 Å². The van der Waals surface area contributed by atoms with Crippen LogP contribution in [0.15, 0.2) is 46.9 Å². The Labute approximate surface area is 181 Å². The quantitative estimate of drug-likeness (QED) is 0.729. The standard InChI is InChI=1S/C20H20N6O2S2/c1-20(13-16(27)21-15-6-2-3-7-26(15)20)18(28)24-8-10-25(11-9-24)19-23-22-17(30-19)14-5-4-12-29-14/h2-7,12H,8-11,13H2,1H3. The van der Waals surface area contributed by atoms with Crippen LogP contribution in [0.5, 0.6) is 0 Å². The number of rotatable bonds is 3. The van der Waals surface area contributed by atoms with E-state index in [1.807, 2.05) is 52.6 Å². The van der Waals surface area contributed by atoms with Crippen LogP contribution in [0.3, 0.4) is 0 Å². The third-order valence-corrected chi connectivity index (χ3v) is 7.57. The molecule has 2 aromatic heterocycles. The van der Waals surface area contributed by atoms with Crippen molar-refractivity contribution in [3.63, 3.8) is 0 Å². The van der Waals surface area contributed by atoms with E-state index in [1.54, 1.807) is 28.7 Å². The fourth-order valence-corrected chi connectivity index (χ4v) is 5.64. The highest BCUT2D eigenvalue weighted by atomic mass is 32.1. The Balaban J connectivity index is 1.28. The minimum Gasteiger partial charge on any atom is -0.343 e. The predicted molar refractivity (Wildman–Crippen MR) is 118 cm³/mol. The van der Waals surface area contributed by atoms with Crippen molar-refractivity contribution in [2.45, 2.75) is 18.9 Å². The molecule has 0 saturated carbocycles. The van der Waals surface area contributed by atoms with E-state index in [-0.39, 0.29) is 18.2 Å². The molecular weight excluding hydrogens is 420 g/mol. The first kappa shape index (κ1) is 19.1. The second-order valence-corrected chi connectivity index (χ2v) is 9.44. The summed E-state index contributed by atoms with van der Waals surface area (Å²) in [5.74, 6) is 0.225. The molecule has 3 aliphatic heterocycles. The number of nitrogens with zero attached hydrogens (tertiary/aromatic N) is 6. The van der Waals surface area contributed by atoms with Gasteiger partial charge in [-0.3, -0.25) is 9.59 Å². The molecule has 2 aromatic rings. The fraction of sp³-hybridized carbons (Fsp3) is 0.350. The highest BCUT2D eigenvalue weighted by Crippen LogP contribution is 2.33. The number of carbonyl (C=O) groups is 2. The maximum Gasteiger partial charge on any atom is 0.250 e. The molecule has 0 aliphatic carbocycles. The molecule has 1 unspecified atom stereocenters. The minimum atomic E-state index is -0.952. The van der Waals surface area contributed by atoms with Gasteiger partial charge in [0.05, 0.1) is 11.3 Å². The van der Waals surface area contributed by atoms with Crippen molar-refractivity contribution >= 4 is 45.5 Å². The van der Waals surface area contributed by atoms with Gasteiger partial charge in [0, 0.05) is 32.4 Å². The molecular formula is C20H20N6O2S2. The summed E-state index contributed by atoms with van der Waals surface area (Å²) in [4.78, 5) is 36.7. The Bertz CT molecular complexity index is 1070. The second-order valence-electron chi connectivity index (χ2n) is 7.53. The molecule has 1 fully saturated rings. The Hall–Kier alpha value is -2.85. The third kappa shape index (κ3) is 3.25. The Morgan fingerprint density at radius 2 is 2.00 bits per heavy atom. The number of allylic oxidation sites excluding steroid dienone is 2. The average molecular weight is 441 g/mol. The molecule has 30 heavy (non-hydrogen) atoms. The highest BCUT2D eigenvalue weighted by molar-refractivity contribution is 7.22. The van der Waals surface area contributed by atoms with Gasteiger partial charge in [-0.05, 0) is 30.5 Å². The van der Waals surface area contributed by atoms with Gasteiger partial charge in [-0.25, -0.2) is 0 Å². The summed E-state index contributed by atoms with van der Waals surface area (Å²) in [6.45, 7) is 4.36. The smallest absolute Gasteiger partial charge is 0.250 e. The number of thiophene rings is 1. The Kier molecular flexibility index (Phi) is 4.75. The van der Waals surface area contributed by atoms with Crippen LogP contribution in [0.25, 0.3) is 9.88 Å². The van der Waals surface area contributed by atoms with Crippen molar-refractivity contribution in [3.8, 4) is 9.88 Å². The summed E-state index contributed by atoms with van der Waals surface area (Å²) >= 11 is 3.22. The zero-order valence-electron chi connectivity index (χ0n) is 16.4. The number of amidine groups is 1. The SMILES string of the molecule is CC1(C(=O)N2CCN(c3nnc(-c4cccs4)s3)CC2)CC(=O)N=C2C=CC=CN21. The summed E-state index contributed by atoms with van der Waals surface area (Å²) in [7, 11) is 0. The third-order valence-electron chi connectivity index (χ3n) is 5.55. The molecule has 0 spiro atoms. The van der Waals surface area contributed by atoms with E-state index in [0.29, 0.717) is 32.0 Å². The van der Waals surface area contributed by atoms with Crippen LogP contribution < -0.4 is 4.90 Å². The van der Waals surface area contributed by atoms with Gasteiger partial charge in [0.15, 0.2) is 5.01 Å². The van der Waals surface area contributed by atoms with Crippen LogP contribution in [0.2, 0.25) is 0 Å². The number of piperazine rings is 1. The van der Waals surface area contributed by atoms with Crippen LogP contribution in [0.4, 0.5) is 5.13 Å². The minimum absolute atomic E-state index is 0.0422. The van der Waals surface area contributed by atoms with Crippen LogP contribution >= 0.6 is 22.7 Å². The molecule has 0 aromatic carbocycles. The van der Waals surface area contributed by atoms with Crippen LogP contribution in [0.1, 0.15) is 13.3 Å². The molecule has 1 saturated heterocycles. The summed E-state index contributed by atoms with van der Waals surface area (Å²) in [5, 5.41) is 12.5. The number of amides is 2. The van der Waals surface area contributed by atoms with Gasteiger partial charge in [0.1, 0.15) is 11.4 Å². The number of fused-ring (bicyclic) bond motifs is 1. The largest absolute Gasteiger partial charge is 0.343 e. The lowest BCUT2D eigenvalue weighted by Gasteiger charge is -2.45. The van der Waals surface area contributed by atoms with E-state index >= 15 is 0 Å². The first-order valence-corrected chi connectivity index (χ1v) is 11.4. The van der Waals surface area contributed by atoms with Crippen LogP contribution in [0, 0.1) is 0 Å². The summed E-state index contributed by atoms with van der Waals surface area (Å²) in [6, 6.07) is 4.05. The molecule has 0 radical (unpaired) electrons. The second kappa shape index (κ2) is 7.44. The monoisotopic (exact) mass is 440 g/mol. The van der Waals surface area contributed by atoms with Crippen molar-refractivity contribution in [1.29, 1.82) is 0 Å².